The molecule has 0 aromatic carbocycles. The van der Waals surface area contributed by atoms with Gasteiger partial charge in [-0.1, -0.05) is 6.92 Å². The smallest absolute Gasteiger partial charge is 0.147 e. The van der Waals surface area contributed by atoms with Gasteiger partial charge in [0.1, 0.15) is 9.84 Å². The van der Waals surface area contributed by atoms with Crippen LogP contribution in [0.5, 0.6) is 0 Å². The van der Waals surface area contributed by atoms with Gasteiger partial charge in [-0.05, 0) is 51.4 Å². The Morgan fingerprint density at radius 2 is 2.00 bits per heavy atom. The molecule has 1 unspecified atom stereocenters. The molecule has 3 N–H and O–H groups in total. The van der Waals surface area contributed by atoms with Gasteiger partial charge in [0.25, 0.3) is 0 Å². The zero-order chi connectivity index (χ0) is 15.2. The molecule has 0 amide bonds. The molecule has 1 rings (SSSR count). The summed E-state index contributed by atoms with van der Waals surface area (Å²) < 4.78 is 28.5. The monoisotopic (exact) mass is 306 g/mol. The van der Waals surface area contributed by atoms with E-state index in [-0.39, 0.29) is 17.4 Å². The molecule has 1 aliphatic carbocycles. The van der Waals surface area contributed by atoms with Crippen LogP contribution in [0.2, 0.25) is 0 Å². The molecule has 20 heavy (non-hydrogen) atoms. The van der Waals surface area contributed by atoms with Crippen molar-refractivity contribution in [2.75, 3.05) is 18.6 Å². The zero-order valence-corrected chi connectivity index (χ0v) is 13.8. The number of nitrogens with two attached hydrogens (primary N) is 1. The van der Waals surface area contributed by atoms with Gasteiger partial charge in [-0.2, -0.15) is 0 Å². The molecule has 0 aliphatic heterocycles. The van der Waals surface area contributed by atoms with Crippen LogP contribution in [0.25, 0.3) is 0 Å². The van der Waals surface area contributed by atoms with Gasteiger partial charge in [0, 0.05) is 18.6 Å². The third-order valence-corrected chi connectivity index (χ3v) is 5.43. The molecular weight excluding hydrogens is 276 g/mol. The molecule has 6 heteroatoms. The van der Waals surface area contributed by atoms with Crippen molar-refractivity contribution in [1.29, 1.82) is 0 Å². The van der Waals surface area contributed by atoms with E-state index in [1.165, 1.54) is 6.26 Å². The van der Waals surface area contributed by atoms with Crippen LogP contribution in [0.4, 0.5) is 0 Å². The topological polar surface area (TPSA) is 81.4 Å². The normalized spacial score (nSPS) is 29.3. The molecule has 0 saturated heterocycles. The Kier molecular flexibility index (Phi) is 6.91. The van der Waals surface area contributed by atoms with E-state index in [0.29, 0.717) is 13.0 Å². The lowest BCUT2D eigenvalue weighted by atomic mass is 9.74. The minimum atomic E-state index is -2.91. The maximum atomic E-state index is 11.2. The highest BCUT2D eigenvalue weighted by atomic mass is 32.2. The summed E-state index contributed by atoms with van der Waals surface area (Å²) in [7, 11) is -2.91. The Bertz CT molecular complexity index is 376. The molecule has 1 aliphatic rings. The fraction of sp³-hybridized carbons (Fsp3) is 1.00. The second-order valence-electron chi connectivity index (χ2n) is 6.17. The predicted molar refractivity (Wildman–Crippen MR) is 82.0 cm³/mol. The average Bonchev–Trinajstić information content (AvgIpc) is 2.37. The van der Waals surface area contributed by atoms with Gasteiger partial charge < -0.3 is 4.74 Å². The minimum absolute atomic E-state index is 0.0247. The van der Waals surface area contributed by atoms with Crippen molar-refractivity contribution in [2.45, 2.75) is 64.0 Å². The van der Waals surface area contributed by atoms with E-state index in [4.69, 9.17) is 10.6 Å². The highest BCUT2D eigenvalue weighted by Gasteiger charge is 2.41. The third kappa shape index (κ3) is 5.31. The van der Waals surface area contributed by atoms with Crippen molar-refractivity contribution < 1.29 is 13.2 Å². The van der Waals surface area contributed by atoms with Gasteiger partial charge in [-0.3, -0.25) is 11.3 Å². The van der Waals surface area contributed by atoms with Crippen LogP contribution < -0.4 is 11.3 Å². The molecule has 0 spiro atoms. The quantitative estimate of drug-likeness (QED) is 0.526. The summed E-state index contributed by atoms with van der Waals surface area (Å²) in [6, 6.07) is 0.0247. The van der Waals surface area contributed by atoms with Crippen molar-refractivity contribution in [3.8, 4) is 0 Å². The zero-order valence-electron chi connectivity index (χ0n) is 13.0. The lowest BCUT2D eigenvalue weighted by Gasteiger charge is -2.44. The fourth-order valence-electron chi connectivity index (χ4n) is 3.18. The Balaban J connectivity index is 2.66. The van der Waals surface area contributed by atoms with Crippen LogP contribution in [0.15, 0.2) is 0 Å². The van der Waals surface area contributed by atoms with Crippen molar-refractivity contribution >= 4 is 9.84 Å². The van der Waals surface area contributed by atoms with Crippen LogP contribution >= 0.6 is 0 Å². The van der Waals surface area contributed by atoms with Crippen molar-refractivity contribution in [3.05, 3.63) is 0 Å². The molecule has 1 saturated carbocycles. The van der Waals surface area contributed by atoms with Crippen LogP contribution in [0, 0.1) is 5.92 Å². The first-order valence-electron chi connectivity index (χ1n) is 7.61. The maximum absolute atomic E-state index is 11.2. The van der Waals surface area contributed by atoms with E-state index < -0.39 is 9.84 Å². The van der Waals surface area contributed by atoms with E-state index in [0.717, 1.165) is 38.0 Å². The van der Waals surface area contributed by atoms with E-state index in [9.17, 15) is 8.42 Å². The Labute approximate surface area is 123 Å². The fourth-order valence-corrected chi connectivity index (χ4v) is 3.87. The number of sulfone groups is 1. The van der Waals surface area contributed by atoms with Crippen LogP contribution in [-0.4, -0.2) is 38.7 Å². The van der Waals surface area contributed by atoms with E-state index in [1.807, 2.05) is 6.92 Å². The number of ether oxygens (including phenoxy) is 1. The van der Waals surface area contributed by atoms with Gasteiger partial charge in [0.2, 0.25) is 0 Å². The molecule has 1 fully saturated rings. The second-order valence-corrected chi connectivity index (χ2v) is 8.43. The third-order valence-electron chi connectivity index (χ3n) is 4.40. The minimum Gasteiger partial charge on any atom is -0.374 e. The molecule has 0 aromatic heterocycles. The molecule has 5 nitrogen and oxygen atoms in total. The Morgan fingerprint density at radius 3 is 2.45 bits per heavy atom. The highest BCUT2D eigenvalue weighted by molar-refractivity contribution is 7.90. The van der Waals surface area contributed by atoms with Crippen LogP contribution in [-0.2, 0) is 14.6 Å². The summed E-state index contributed by atoms with van der Waals surface area (Å²) in [6.07, 6.45) is 6.91. The van der Waals surface area contributed by atoms with Crippen molar-refractivity contribution in [3.63, 3.8) is 0 Å². The van der Waals surface area contributed by atoms with Gasteiger partial charge >= 0.3 is 0 Å². The Morgan fingerprint density at radius 1 is 1.40 bits per heavy atom. The Hall–Kier alpha value is -0.170. The lowest BCUT2D eigenvalue weighted by Crippen LogP contribution is -2.56. The number of hydrogen-bond donors (Lipinski definition) is 2. The van der Waals surface area contributed by atoms with Crippen molar-refractivity contribution in [1.82, 2.24) is 5.43 Å². The van der Waals surface area contributed by atoms with Gasteiger partial charge in [-0.25, -0.2) is 8.42 Å². The molecule has 0 heterocycles. The molecule has 120 valence electrons. The first-order chi connectivity index (χ1) is 9.33. The highest BCUT2D eigenvalue weighted by Crippen LogP contribution is 2.38. The second kappa shape index (κ2) is 7.73. The van der Waals surface area contributed by atoms with Gasteiger partial charge in [0.05, 0.1) is 11.6 Å². The van der Waals surface area contributed by atoms with E-state index >= 15 is 0 Å². The predicted octanol–water partition coefficient (Wildman–Crippen LogP) is 1.63. The number of nitrogens with one attached hydrogen (secondary N) is 1. The standard InChI is InChI=1S/C14H30N2O3S/c1-4-19-14(9-7-12(2)8-10-14)13(16-15)6-5-11-20(3,17)18/h12-13,16H,4-11,15H2,1-3H3. The first kappa shape index (κ1) is 17.9. The molecule has 1 atom stereocenters. The summed E-state index contributed by atoms with van der Waals surface area (Å²) in [6.45, 7) is 4.94. The van der Waals surface area contributed by atoms with Crippen molar-refractivity contribution in [2.24, 2.45) is 11.8 Å². The molecule has 0 radical (unpaired) electrons. The van der Waals surface area contributed by atoms with E-state index in [1.54, 1.807) is 0 Å². The summed E-state index contributed by atoms with van der Waals surface area (Å²) in [5, 5.41) is 0. The van der Waals surface area contributed by atoms with Gasteiger partial charge in [-0.15, -0.1) is 0 Å². The molecule has 0 aromatic rings. The number of hydrazine groups is 1. The first-order valence-corrected chi connectivity index (χ1v) is 9.67. The number of hydrogen-bond acceptors (Lipinski definition) is 5. The average molecular weight is 306 g/mol. The lowest BCUT2D eigenvalue weighted by molar-refractivity contribution is -0.0979. The van der Waals surface area contributed by atoms with Crippen LogP contribution in [0.1, 0.15) is 52.4 Å². The summed E-state index contributed by atoms with van der Waals surface area (Å²) in [5.74, 6) is 6.67. The summed E-state index contributed by atoms with van der Waals surface area (Å²) >= 11 is 0. The maximum Gasteiger partial charge on any atom is 0.147 e. The van der Waals surface area contributed by atoms with Crippen LogP contribution in [0.3, 0.4) is 0 Å². The summed E-state index contributed by atoms with van der Waals surface area (Å²) in [5.41, 5.74) is 2.65. The molecule has 0 bridgehead atoms. The molecular formula is C14H30N2O3S. The van der Waals surface area contributed by atoms with Gasteiger partial charge in [0.15, 0.2) is 0 Å². The number of rotatable bonds is 8. The largest absolute Gasteiger partial charge is 0.374 e. The SMILES string of the molecule is CCOC1(C(CCCS(C)(=O)=O)NN)CCC(C)CC1. The summed E-state index contributed by atoms with van der Waals surface area (Å²) in [4.78, 5) is 0. The van der Waals surface area contributed by atoms with E-state index in [2.05, 4.69) is 12.3 Å².